The molecule has 196 valence electrons. The Morgan fingerprint density at radius 3 is 2.24 bits per heavy atom. The topological polar surface area (TPSA) is 60.5 Å². The predicted molar refractivity (Wildman–Crippen MR) is 144 cm³/mol. The van der Waals surface area contributed by atoms with E-state index in [1.807, 2.05) is 53.4 Å². The number of halogens is 1. The Balaban J connectivity index is 1.40. The number of benzene rings is 3. The van der Waals surface area contributed by atoms with Gasteiger partial charge < -0.3 is 23.8 Å². The van der Waals surface area contributed by atoms with Gasteiger partial charge >= 0.3 is 0 Å². The molecule has 1 aliphatic rings. The summed E-state index contributed by atoms with van der Waals surface area (Å²) >= 11 is 6.13. The molecule has 1 amide bonds. The highest BCUT2D eigenvalue weighted by Crippen LogP contribution is 2.27. The second kappa shape index (κ2) is 12.8. The first-order valence-corrected chi connectivity index (χ1v) is 12.6. The van der Waals surface area contributed by atoms with Gasteiger partial charge in [0.2, 0.25) is 0 Å². The zero-order chi connectivity index (χ0) is 26.2. The van der Waals surface area contributed by atoms with Crippen molar-refractivity contribution in [2.24, 2.45) is 0 Å². The van der Waals surface area contributed by atoms with Crippen LogP contribution in [0.1, 0.15) is 27.6 Å². The average molecular weight is 525 g/mol. The third-order valence-electron chi connectivity index (χ3n) is 6.55. The lowest BCUT2D eigenvalue weighted by Crippen LogP contribution is -2.49. The van der Waals surface area contributed by atoms with Crippen molar-refractivity contribution in [3.8, 4) is 17.2 Å². The minimum Gasteiger partial charge on any atom is -0.497 e. The van der Waals surface area contributed by atoms with Crippen molar-refractivity contribution >= 4 is 17.5 Å². The Morgan fingerprint density at radius 2 is 1.57 bits per heavy atom. The van der Waals surface area contributed by atoms with Crippen LogP contribution in [-0.2, 0) is 11.3 Å². The van der Waals surface area contributed by atoms with Gasteiger partial charge in [-0.25, -0.2) is 0 Å². The fraction of sp³-hybridized carbons (Fsp3) is 0.345. The molecule has 1 unspecified atom stereocenters. The van der Waals surface area contributed by atoms with Crippen LogP contribution in [0.15, 0.2) is 66.7 Å². The fourth-order valence-corrected chi connectivity index (χ4v) is 4.53. The molecule has 3 aromatic carbocycles. The highest BCUT2D eigenvalue weighted by Gasteiger charge is 2.26. The number of rotatable bonds is 10. The van der Waals surface area contributed by atoms with Crippen LogP contribution in [0.4, 0.5) is 0 Å². The lowest BCUT2D eigenvalue weighted by Gasteiger charge is -2.36. The monoisotopic (exact) mass is 524 g/mol. The minimum atomic E-state index is -0.146. The van der Waals surface area contributed by atoms with Crippen molar-refractivity contribution in [2.45, 2.75) is 12.7 Å². The quantitative estimate of drug-likeness (QED) is 0.368. The summed E-state index contributed by atoms with van der Waals surface area (Å²) in [5.74, 6) is 1.93. The third kappa shape index (κ3) is 6.95. The summed E-state index contributed by atoms with van der Waals surface area (Å²) in [6.07, 6.45) is -0.146. The van der Waals surface area contributed by atoms with E-state index in [9.17, 15) is 4.79 Å². The van der Waals surface area contributed by atoms with E-state index >= 15 is 0 Å². The van der Waals surface area contributed by atoms with Gasteiger partial charge in [0, 0.05) is 43.8 Å². The van der Waals surface area contributed by atoms with Crippen molar-refractivity contribution in [3.63, 3.8) is 0 Å². The number of nitrogens with zero attached hydrogens (tertiary/aromatic N) is 2. The maximum Gasteiger partial charge on any atom is 0.257 e. The summed E-state index contributed by atoms with van der Waals surface area (Å²) in [4.78, 5) is 17.4. The number of hydrogen-bond donors (Lipinski definition) is 0. The molecule has 1 fully saturated rings. The average Bonchev–Trinajstić information content (AvgIpc) is 2.95. The summed E-state index contributed by atoms with van der Waals surface area (Å²) in [7, 11) is 4.81. The van der Waals surface area contributed by atoms with E-state index in [0.717, 1.165) is 30.0 Å². The van der Waals surface area contributed by atoms with Gasteiger partial charge in [-0.2, -0.15) is 0 Å². The highest BCUT2D eigenvalue weighted by molar-refractivity contribution is 6.30. The van der Waals surface area contributed by atoms with E-state index < -0.39 is 0 Å². The molecule has 0 aliphatic carbocycles. The largest absolute Gasteiger partial charge is 0.497 e. The molecule has 3 aromatic rings. The molecule has 7 nitrogen and oxygen atoms in total. The smallest absolute Gasteiger partial charge is 0.257 e. The molecule has 37 heavy (non-hydrogen) atoms. The molecular weight excluding hydrogens is 492 g/mol. The van der Waals surface area contributed by atoms with Crippen LogP contribution in [0, 0.1) is 0 Å². The molecule has 0 spiro atoms. The maximum atomic E-state index is 13.2. The summed E-state index contributed by atoms with van der Waals surface area (Å²) < 4.78 is 22.4. The molecule has 1 heterocycles. The zero-order valence-corrected chi connectivity index (χ0v) is 22.2. The van der Waals surface area contributed by atoms with Crippen LogP contribution in [0.2, 0.25) is 5.02 Å². The van der Waals surface area contributed by atoms with E-state index in [2.05, 4.69) is 4.90 Å². The molecular formula is C29H33ClN2O5. The van der Waals surface area contributed by atoms with Crippen LogP contribution in [0.5, 0.6) is 17.2 Å². The van der Waals surface area contributed by atoms with Crippen LogP contribution in [-0.4, -0.2) is 69.8 Å². The first-order chi connectivity index (χ1) is 18.0. The van der Waals surface area contributed by atoms with Crippen molar-refractivity contribution in [3.05, 3.63) is 88.4 Å². The van der Waals surface area contributed by atoms with Gasteiger partial charge in [-0.05, 0) is 47.5 Å². The molecule has 0 saturated carbocycles. The molecule has 1 aliphatic heterocycles. The van der Waals surface area contributed by atoms with Crippen molar-refractivity contribution < 1.29 is 23.7 Å². The number of carbonyl (C=O) groups is 1. The van der Waals surface area contributed by atoms with Crippen molar-refractivity contribution in [1.82, 2.24) is 9.80 Å². The molecule has 0 aromatic heterocycles. The van der Waals surface area contributed by atoms with Gasteiger partial charge in [-0.15, -0.1) is 0 Å². The van der Waals surface area contributed by atoms with Crippen LogP contribution < -0.4 is 14.2 Å². The zero-order valence-electron chi connectivity index (χ0n) is 21.5. The Morgan fingerprint density at radius 1 is 0.865 bits per heavy atom. The van der Waals surface area contributed by atoms with E-state index in [1.165, 1.54) is 0 Å². The minimum absolute atomic E-state index is 0.0392. The number of carbonyl (C=O) groups excluding carboxylic acids is 1. The summed E-state index contributed by atoms with van der Waals surface area (Å²) in [6.45, 7) is 3.90. The van der Waals surface area contributed by atoms with E-state index in [0.29, 0.717) is 48.3 Å². The van der Waals surface area contributed by atoms with Crippen LogP contribution in [0.25, 0.3) is 0 Å². The number of methoxy groups -OCH3 is 3. The predicted octanol–water partition coefficient (Wildman–Crippen LogP) is 5.08. The van der Waals surface area contributed by atoms with E-state index in [4.69, 9.17) is 30.5 Å². The number of piperazine rings is 1. The standard InChI is InChI=1S/C29H33ClN2O5/c1-34-24-6-4-5-21(17-24)20-37-28(22-7-9-23(30)10-8-22)19-31-13-15-32(16-14-31)29(33)26-12-11-25(35-2)18-27(26)36-3/h4-12,17-18,28H,13-16,19-20H2,1-3H3. The lowest BCUT2D eigenvalue weighted by molar-refractivity contribution is 0.00335. The molecule has 0 radical (unpaired) electrons. The first-order valence-electron chi connectivity index (χ1n) is 12.2. The molecule has 0 N–H and O–H groups in total. The van der Waals surface area contributed by atoms with Gasteiger partial charge in [0.1, 0.15) is 17.2 Å². The van der Waals surface area contributed by atoms with E-state index in [1.54, 1.807) is 39.5 Å². The van der Waals surface area contributed by atoms with Crippen LogP contribution in [0.3, 0.4) is 0 Å². The summed E-state index contributed by atoms with van der Waals surface area (Å²) in [6, 6.07) is 21.0. The SMILES string of the molecule is COc1cccc(COC(CN2CCN(C(=O)c3ccc(OC)cc3OC)CC2)c2ccc(Cl)cc2)c1. The second-order valence-electron chi connectivity index (χ2n) is 8.86. The van der Waals surface area contributed by atoms with E-state index in [-0.39, 0.29) is 12.0 Å². The molecule has 0 bridgehead atoms. The first kappa shape index (κ1) is 26.8. The molecule has 8 heteroatoms. The fourth-order valence-electron chi connectivity index (χ4n) is 4.40. The summed E-state index contributed by atoms with van der Waals surface area (Å²) in [5, 5.41) is 0.691. The van der Waals surface area contributed by atoms with Gasteiger partial charge in [0.15, 0.2) is 0 Å². The molecule has 1 saturated heterocycles. The van der Waals surface area contributed by atoms with Gasteiger partial charge in [-0.1, -0.05) is 35.9 Å². The normalized spacial score (nSPS) is 14.8. The number of amides is 1. The van der Waals surface area contributed by atoms with Crippen molar-refractivity contribution in [2.75, 3.05) is 54.1 Å². The summed E-state index contributed by atoms with van der Waals surface area (Å²) in [5.41, 5.74) is 2.65. The van der Waals surface area contributed by atoms with Gasteiger partial charge in [0.05, 0.1) is 39.6 Å². The Kier molecular flexibility index (Phi) is 9.28. The number of ether oxygens (including phenoxy) is 4. The van der Waals surface area contributed by atoms with Crippen LogP contribution >= 0.6 is 11.6 Å². The van der Waals surface area contributed by atoms with Gasteiger partial charge in [-0.3, -0.25) is 9.69 Å². The maximum absolute atomic E-state index is 13.2. The van der Waals surface area contributed by atoms with Crippen molar-refractivity contribution in [1.29, 1.82) is 0 Å². The Hall–Kier alpha value is -3.26. The number of hydrogen-bond acceptors (Lipinski definition) is 6. The lowest BCUT2D eigenvalue weighted by atomic mass is 10.1. The highest BCUT2D eigenvalue weighted by atomic mass is 35.5. The second-order valence-corrected chi connectivity index (χ2v) is 9.30. The molecule has 1 atom stereocenters. The van der Waals surface area contributed by atoms with Gasteiger partial charge in [0.25, 0.3) is 5.91 Å². The Bertz CT molecular complexity index is 1180. The third-order valence-corrected chi connectivity index (χ3v) is 6.80. The Labute approximate surface area is 223 Å². The molecule has 4 rings (SSSR count).